The molecule has 3 nitrogen and oxygen atoms in total. The Hall–Kier alpha value is -1.32. The number of nitrogens with zero attached hydrogens (tertiary/aromatic N) is 2. The molecule has 1 aliphatic rings. The van der Waals surface area contributed by atoms with Gasteiger partial charge in [-0.3, -0.25) is 4.68 Å². The third kappa shape index (κ3) is 2.82. The minimum Gasteiger partial charge on any atom is -0.308 e. The fraction of sp³-hybridized carbons (Fsp3) is 0.400. The summed E-state index contributed by atoms with van der Waals surface area (Å²) in [6.07, 6.45) is 4.30. The molecule has 3 rings (SSSR count). The monoisotopic (exact) mass is 275 g/mol. The molecule has 1 fully saturated rings. The Balaban J connectivity index is 1.49. The highest BCUT2D eigenvalue weighted by molar-refractivity contribution is 6.31. The number of aromatic nitrogens is 2. The van der Waals surface area contributed by atoms with Crippen molar-refractivity contribution in [2.24, 2.45) is 7.05 Å². The number of rotatable bonds is 4. The minimum atomic E-state index is 0.586. The molecule has 0 spiro atoms. The molecule has 0 aliphatic heterocycles. The first-order chi connectivity index (χ1) is 9.22. The number of hydrogen-bond acceptors (Lipinski definition) is 2. The molecule has 1 aliphatic carbocycles. The number of aryl methyl sites for hydroxylation is 1. The van der Waals surface area contributed by atoms with Gasteiger partial charge in [-0.2, -0.15) is 5.10 Å². The molecule has 0 atom stereocenters. The van der Waals surface area contributed by atoms with Crippen molar-refractivity contribution in [1.29, 1.82) is 0 Å². The topological polar surface area (TPSA) is 29.9 Å². The lowest BCUT2D eigenvalue weighted by atomic mass is 9.76. The molecule has 0 amide bonds. The van der Waals surface area contributed by atoms with E-state index in [9.17, 15) is 0 Å². The Kier molecular flexibility index (Phi) is 3.58. The normalized spacial score (nSPS) is 22.2. The molecule has 1 aromatic carbocycles. The Labute approximate surface area is 118 Å². The van der Waals surface area contributed by atoms with E-state index >= 15 is 0 Å². The van der Waals surface area contributed by atoms with E-state index in [-0.39, 0.29) is 0 Å². The first-order valence-electron chi connectivity index (χ1n) is 6.68. The van der Waals surface area contributed by atoms with Gasteiger partial charge in [0, 0.05) is 30.9 Å². The quantitative estimate of drug-likeness (QED) is 0.929. The standard InChI is InChI=1S/C15H18ClN3/c1-19-7-6-12(18-19)10-17-13-8-11(9-13)14-4-2-3-5-15(14)16/h2-7,11,13,17H,8-10H2,1H3. The van der Waals surface area contributed by atoms with Gasteiger partial charge in [0.25, 0.3) is 0 Å². The first-order valence-corrected chi connectivity index (χ1v) is 7.06. The van der Waals surface area contributed by atoms with Crippen LogP contribution in [-0.4, -0.2) is 15.8 Å². The molecule has 0 radical (unpaired) electrons. The molecule has 2 aromatic rings. The predicted molar refractivity (Wildman–Crippen MR) is 77.3 cm³/mol. The van der Waals surface area contributed by atoms with Gasteiger partial charge in [0.2, 0.25) is 0 Å². The van der Waals surface area contributed by atoms with Crippen LogP contribution in [0.1, 0.15) is 30.0 Å². The Morgan fingerprint density at radius 1 is 1.32 bits per heavy atom. The lowest BCUT2D eigenvalue weighted by Crippen LogP contribution is -2.39. The molecule has 1 N–H and O–H groups in total. The maximum absolute atomic E-state index is 6.22. The van der Waals surface area contributed by atoms with Crippen molar-refractivity contribution in [2.75, 3.05) is 0 Å². The second-order valence-corrected chi connectivity index (χ2v) is 5.66. The average Bonchev–Trinajstić information content (AvgIpc) is 2.75. The molecule has 1 saturated carbocycles. The summed E-state index contributed by atoms with van der Waals surface area (Å²) in [5.41, 5.74) is 2.39. The summed E-state index contributed by atoms with van der Waals surface area (Å²) >= 11 is 6.22. The van der Waals surface area contributed by atoms with Gasteiger partial charge in [-0.15, -0.1) is 0 Å². The molecule has 0 bridgehead atoms. The van der Waals surface area contributed by atoms with Crippen molar-refractivity contribution < 1.29 is 0 Å². The summed E-state index contributed by atoms with van der Waals surface area (Å²) in [6, 6.07) is 10.8. The summed E-state index contributed by atoms with van der Waals surface area (Å²) in [6.45, 7) is 0.848. The van der Waals surface area contributed by atoms with Crippen LogP contribution in [0.25, 0.3) is 0 Å². The second kappa shape index (κ2) is 5.35. The smallest absolute Gasteiger partial charge is 0.0762 e. The van der Waals surface area contributed by atoms with Gasteiger partial charge < -0.3 is 5.32 Å². The van der Waals surface area contributed by atoms with Gasteiger partial charge in [0.1, 0.15) is 0 Å². The summed E-state index contributed by atoms with van der Waals surface area (Å²) in [5.74, 6) is 0.606. The van der Waals surface area contributed by atoms with Crippen LogP contribution in [-0.2, 0) is 13.6 Å². The maximum Gasteiger partial charge on any atom is 0.0762 e. The molecule has 4 heteroatoms. The zero-order valence-electron chi connectivity index (χ0n) is 11.0. The van der Waals surface area contributed by atoms with E-state index in [1.54, 1.807) is 0 Å². The van der Waals surface area contributed by atoms with E-state index in [1.807, 2.05) is 30.1 Å². The highest BCUT2D eigenvalue weighted by Crippen LogP contribution is 2.39. The third-order valence-electron chi connectivity index (χ3n) is 3.82. The van der Waals surface area contributed by atoms with Gasteiger partial charge >= 0.3 is 0 Å². The van der Waals surface area contributed by atoms with Crippen molar-refractivity contribution in [1.82, 2.24) is 15.1 Å². The predicted octanol–water partition coefficient (Wildman–Crippen LogP) is 3.11. The zero-order valence-corrected chi connectivity index (χ0v) is 11.8. The van der Waals surface area contributed by atoms with Crippen LogP contribution in [0.15, 0.2) is 36.5 Å². The molecule has 100 valence electrons. The Morgan fingerprint density at radius 3 is 2.79 bits per heavy atom. The van der Waals surface area contributed by atoms with Crippen LogP contribution in [0, 0.1) is 0 Å². The number of halogens is 1. The second-order valence-electron chi connectivity index (χ2n) is 5.25. The van der Waals surface area contributed by atoms with E-state index in [1.165, 1.54) is 5.56 Å². The zero-order chi connectivity index (χ0) is 13.2. The molecular formula is C15H18ClN3. The SMILES string of the molecule is Cn1ccc(CNC2CC(c3ccccc3Cl)C2)n1. The van der Waals surface area contributed by atoms with E-state index in [4.69, 9.17) is 11.6 Å². The van der Waals surface area contributed by atoms with Crippen LogP contribution in [0.4, 0.5) is 0 Å². The highest BCUT2D eigenvalue weighted by Gasteiger charge is 2.30. The van der Waals surface area contributed by atoms with Gasteiger partial charge in [-0.25, -0.2) is 0 Å². The van der Waals surface area contributed by atoms with Gasteiger partial charge in [0.15, 0.2) is 0 Å². The number of nitrogens with one attached hydrogen (secondary N) is 1. The molecule has 1 aromatic heterocycles. The van der Waals surface area contributed by atoms with E-state index in [0.29, 0.717) is 12.0 Å². The molecular weight excluding hydrogens is 258 g/mol. The highest BCUT2D eigenvalue weighted by atomic mass is 35.5. The van der Waals surface area contributed by atoms with Crippen LogP contribution in [0.5, 0.6) is 0 Å². The van der Waals surface area contributed by atoms with Gasteiger partial charge in [-0.1, -0.05) is 29.8 Å². The number of hydrogen-bond donors (Lipinski definition) is 1. The number of benzene rings is 1. The van der Waals surface area contributed by atoms with E-state index in [0.717, 1.165) is 30.1 Å². The Morgan fingerprint density at radius 2 is 2.11 bits per heavy atom. The van der Waals surface area contributed by atoms with Crippen molar-refractivity contribution in [3.05, 3.63) is 52.8 Å². The lowest BCUT2D eigenvalue weighted by molar-refractivity contribution is 0.288. The summed E-state index contributed by atoms with van der Waals surface area (Å²) in [7, 11) is 1.94. The molecule has 1 heterocycles. The maximum atomic E-state index is 6.22. The van der Waals surface area contributed by atoms with Crippen molar-refractivity contribution in [2.45, 2.75) is 31.3 Å². The van der Waals surface area contributed by atoms with Crippen LogP contribution >= 0.6 is 11.6 Å². The first kappa shape index (κ1) is 12.7. The minimum absolute atomic E-state index is 0.586. The van der Waals surface area contributed by atoms with Gasteiger partial charge in [0.05, 0.1) is 5.69 Å². The summed E-state index contributed by atoms with van der Waals surface area (Å²) in [5, 5.41) is 8.81. The van der Waals surface area contributed by atoms with Crippen molar-refractivity contribution in [3.63, 3.8) is 0 Å². The summed E-state index contributed by atoms with van der Waals surface area (Å²) in [4.78, 5) is 0. The largest absolute Gasteiger partial charge is 0.308 e. The van der Waals surface area contributed by atoms with Gasteiger partial charge in [-0.05, 0) is 36.5 Å². The Bertz CT molecular complexity index is 558. The molecule has 19 heavy (non-hydrogen) atoms. The van der Waals surface area contributed by atoms with Crippen molar-refractivity contribution >= 4 is 11.6 Å². The van der Waals surface area contributed by atoms with Crippen LogP contribution in [0.3, 0.4) is 0 Å². The fourth-order valence-corrected chi connectivity index (χ4v) is 2.94. The van der Waals surface area contributed by atoms with Crippen LogP contribution < -0.4 is 5.32 Å². The average molecular weight is 276 g/mol. The van der Waals surface area contributed by atoms with Crippen LogP contribution in [0.2, 0.25) is 5.02 Å². The van der Waals surface area contributed by atoms with E-state index < -0.39 is 0 Å². The molecule has 0 unspecified atom stereocenters. The fourth-order valence-electron chi connectivity index (χ4n) is 2.65. The lowest BCUT2D eigenvalue weighted by Gasteiger charge is -2.36. The third-order valence-corrected chi connectivity index (χ3v) is 4.17. The summed E-state index contributed by atoms with van der Waals surface area (Å²) < 4.78 is 1.84. The van der Waals surface area contributed by atoms with E-state index in [2.05, 4.69) is 28.6 Å². The van der Waals surface area contributed by atoms with Crippen molar-refractivity contribution in [3.8, 4) is 0 Å². The molecule has 0 saturated heterocycles.